The van der Waals surface area contributed by atoms with Gasteiger partial charge in [0.2, 0.25) is 0 Å². The zero-order valence-corrected chi connectivity index (χ0v) is 7.60. The van der Waals surface area contributed by atoms with E-state index in [4.69, 9.17) is 0 Å². The molecule has 3 atom stereocenters. The molecule has 2 rings (SSSR count). The van der Waals surface area contributed by atoms with Crippen molar-refractivity contribution in [3.63, 3.8) is 0 Å². The average molecular weight is 160 g/mol. The van der Waals surface area contributed by atoms with Crippen molar-refractivity contribution in [3.8, 4) is 0 Å². The Morgan fingerprint density at radius 2 is 2.40 bits per heavy atom. The summed E-state index contributed by atoms with van der Waals surface area (Å²) in [6, 6.07) is 0. The van der Waals surface area contributed by atoms with Gasteiger partial charge in [-0.15, -0.1) is 0 Å². The highest BCUT2D eigenvalue weighted by molar-refractivity contribution is 7.64. The number of rotatable bonds is 1. The van der Waals surface area contributed by atoms with Crippen molar-refractivity contribution in [1.29, 1.82) is 0 Å². The summed E-state index contributed by atoms with van der Waals surface area (Å²) in [7, 11) is 0.483. The van der Waals surface area contributed by atoms with Crippen molar-refractivity contribution in [2.75, 3.05) is 19.8 Å². The molecule has 0 aliphatic carbocycles. The number of quaternary nitrogens is 1. The second kappa shape index (κ2) is 1.67. The van der Waals surface area contributed by atoms with Gasteiger partial charge in [0.1, 0.15) is 0 Å². The first-order chi connectivity index (χ1) is 4.65. The van der Waals surface area contributed by atoms with Crippen LogP contribution in [-0.2, 0) is 4.57 Å². The Morgan fingerprint density at radius 3 is 2.70 bits per heavy atom. The van der Waals surface area contributed by atoms with Crippen LogP contribution in [0.4, 0.5) is 0 Å². The van der Waals surface area contributed by atoms with Crippen molar-refractivity contribution in [2.24, 2.45) is 0 Å². The quantitative estimate of drug-likeness (QED) is 0.422. The maximum atomic E-state index is 11.9. The fourth-order valence-corrected chi connectivity index (χ4v) is 6.57. The largest absolute Gasteiger partial charge is 0.303 e. The van der Waals surface area contributed by atoms with Gasteiger partial charge in [0.15, 0.2) is 5.78 Å². The Hall–Kier alpha value is 0.190. The number of nitrogens with zero attached hydrogens (tertiary/aromatic N) is 1. The van der Waals surface area contributed by atoms with E-state index in [2.05, 4.69) is 14.0 Å². The minimum atomic E-state index is -1.69. The van der Waals surface area contributed by atoms with Crippen LogP contribution in [0.5, 0.6) is 0 Å². The molecular weight excluding hydrogens is 145 g/mol. The minimum Gasteiger partial charge on any atom is -0.269 e. The predicted molar refractivity (Wildman–Crippen MR) is 42.2 cm³/mol. The lowest BCUT2D eigenvalue weighted by Crippen LogP contribution is -2.17. The summed E-state index contributed by atoms with van der Waals surface area (Å²) in [4.78, 5) is 0. The van der Waals surface area contributed by atoms with Gasteiger partial charge in [-0.2, -0.15) is 0 Å². The molecule has 2 heterocycles. The normalized spacial score (nSPS) is 58.4. The Balaban J connectivity index is 2.29. The smallest absolute Gasteiger partial charge is 0.269 e. The van der Waals surface area contributed by atoms with Crippen LogP contribution in [0, 0.1) is 0 Å². The molecule has 0 bridgehead atoms. The lowest BCUT2D eigenvalue weighted by Gasteiger charge is -2.07. The molecule has 10 heavy (non-hydrogen) atoms. The van der Waals surface area contributed by atoms with Crippen LogP contribution in [-0.4, -0.2) is 29.8 Å². The molecule has 0 N–H and O–H groups in total. The Morgan fingerprint density at radius 1 is 1.70 bits per heavy atom. The molecule has 58 valence electrons. The van der Waals surface area contributed by atoms with E-state index in [0.29, 0.717) is 5.78 Å². The van der Waals surface area contributed by atoms with Gasteiger partial charge in [-0.1, -0.05) is 6.92 Å². The third kappa shape index (κ3) is 0.497. The SMILES string of the molecule is CCP1(=O)C2CCC[N+]21C. The molecule has 2 aliphatic rings. The molecule has 2 fully saturated rings. The maximum absolute atomic E-state index is 11.9. The summed E-state index contributed by atoms with van der Waals surface area (Å²) < 4.78 is 12.9. The standard InChI is InChI=1S/C7H15NOP/c1-3-10(9)7-5-4-6-8(7,10)2/h7H,3-6H2,1-2H3/q+1. The van der Waals surface area contributed by atoms with Crippen molar-refractivity contribution in [3.05, 3.63) is 0 Å². The second-order valence-electron chi connectivity index (χ2n) is 3.63. The maximum Gasteiger partial charge on any atom is 0.303 e. The van der Waals surface area contributed by atoms with Crippen molar-refractivity contribution < 1.29 is 8.82 Å². The van der Waals surface area contributed by atoms with E-state index < -0.39 is 7.29 Å². The molecular formula is C7H15NOP+. The molecule has 2 aliphatic heterocycles. The van der Waals surface area contributed by atoms with Gasteiger partial charge in [-0.25, -0.2) is 0 Å². The lowest BCUT2D eigenvalue weighted by molar-refractivity contribution is -0.719. The molecule has 0 saturated carbocycles. The summed E-state index contributed by atoms with van der Waals surface area (Å²) in [5, 5.41) is 0. The van der Waals surface area contributed by atoms with Crippen molar-refractivity contribution in [1.82, 2.24) is 0 Å². The van der Waals surface area contributed by atoms with E-state index >= 15 is 0 Å². The molecule has 2 nitrogen and oxygen atoms in total. The topological polar surface area (TPSA) is 17.1 Å². The monoisotopic (exact) mass is 160 g/mol. The van der Waals surface area contributed by atoms with Crippen molar-refractivity contribution >= 4 is 7.29 Å². The Labute approximate surface area is 62.2 Å². The van der Waals surface area contributed by atoms with Crippen LogP contribution in [0.3, 0.4) is 0 Å². The van der Waals surface area contributed by atoms with Crippen LogP contribution >= 0.6 is 7.29 Å². The van der Waals surface area contributed by atoms with Gasteiger partial charge in [0, 0.05) is 12.8 Å². The second-order valence-corrected chi connectivity index (χ2v) is 7.29. The fourth-order valence-electron chi connectivity index (χ4n) is 2.57. The number of hydrogen-bond acceptors (Lipinski definition) is 1. The van der Waals surface area contributed by atoms with Gasteiger partial charge < -0.3 is 0 Å². The van der Waals surface area contributed by atoms with E-state index in [-0.39, 0.29) is 0 Å². The molecule has 3 unspecified atom stereocenters. The molecule has 0 aromatic carbocycles. The zero-order valence-electron chi connectivity index (χ0n) is 6.71. The summed E-state index contributed by atoms with van der Waals surface area (Å²) >= 11 is 0. The molecule has 2 saturated heterocycles. The van der Waals surface area contributed by atoms with Crippen LogP contribution in [0.2, 0.25) is 0 Å². The highest BCUT2D eigenvalue weighted by Gasteiger charge is 2.75. The first-order valence-corrected chi connectivity index (χ1v) is 6.01. The Kier molecular flexibility index (Phi) is 1.15. The van der Waals surface area contributed by atoms with E-state index in [9.17, 15) is 4.57 Å². The van der Waals surface area contributed by atoms with E-state index in [1.807, 2.05) is 0 Å². The third-order valence-corrected chi connectivity index (χ3v) is 7.75. The van der Waals surface area contributed by atoms with Gasteiger partial charge in [-0.3, -0.25) is 8.82 Å². The average Bonchev–Trinajstić information content (AvgIpc) is 2.34. The first-order valence-electron chi connectivity index (χ1n) is 4.09. The predicted octanol–water partition coefficient (Wildman–Crippen LogP) is 1.86. The Bertz CT molecular complexity index is 216. The highest BCUT2D eigenvalue weighted by Crippen LogP contribution is 2.81. The van der Waals surface area contributed by atoms with Crippen LogP contribution in [0.15, 0.2) is 0 Å². The first kappa shape index (κ1) is 6.87. The molecule has 0 spiro atoms. The van der Waals surface area contributed by atoms with Crippen LogP contribution in [0.1, 0.15) is 19.8 Å². The molecule has 0 aromatic heterocycles. The van der Waals surface area contributed by atoms with Crippen LogP contribution in [0.25, 0.3) is 0 Å². The van der Waals surface area contributed by atoms with Gasteiger partial charge in [0.25, 0.3) is 0 Å². The summed E-state index contributed by atoms with van der Waals surface area (Å²) in [5.74, 6) is 0.581. The summed E-state index contributed by atoms with van der Waals surface area (Å²) in [6.45, 7) is 3.25. The van der Waals surface area contributed by atoms with Crippen molar-refractivity contribution in [2.45, 2.75) is 25.5 Å². The van der Waals surface area contributed by atoms with Crippen LogP contribution < -0.4 is 0 Å². The fraction of sp³-hybridized carbons (Fsp3) is 1.00. The van der Waals surface area contributed by atoms with E-state index in [1.54, 1.807) is 0 Å². The van der Waals surface area contributed by atoms with E-state index in [1.165, 1.54) is 19.4 Å². The highest BCUT2D eigenvalue weighted by atomic mass is 31.2. The zero-order chi connectivity index (χ0) is 7.41. The van der Waals surface area contributed by atoms with E-state index in [0.717, 1.165) is 10.4 Å². The van der Waals surface area contributed by atoms with Gasteiger partial charge >= 0.3 is 7.29 Å². The number of fused-ring (bicyclic) bond motifs is 1. The molecule has 0 aromatic rings. The minimum absolute atomic E-state index is 0.581. The van der Waals surface area contributed by atoms with Gasteiger partial charge in [-0.05, 0) is 0 Å². The van der Waals surface area contributed by atoms with Gasteiger partial charge in [0.05, 0.1) is 19.8 Å². The summed E-state index contributed by atoms with van der Waals surface area (Å²) in [5.41, 5.74) is 0. The third-order valence-electron chi connectivity index (χ3n) is 3.35. The lowest BCUT2D eigenvalue weighted by atomic mass is 10.4. The summed E-state index contributed by atoms with van der Waals surface area (Å²) in [6.07, 6.45) is 3.45. The molecule has 0 amide bonds. The molecule has 0 radical (unpaired) electrons. The molecule has 3 heteroatoms. The number of hydrogen-bond donors (Lipinski definition) is 0.